The Morgan fingerprint density at radius 2 is 2.11 bits per heavy atom. The maximum absolute atomic E-state index is 13.1. The lowest BCUT2D eigenvalue weighted by Gasteiger charge is -2.44. The van der Waals surface area contributed by atoms with E-state index in [1.807, 2.05) is 0 Å². The normalized spacial score (nSPS) is 29.8. The quantitative estimate of drug-likeness (QED) is 0.887. The van der Waals surface area contributed by atoms with Gasteiger partial charge in [0.25, 0.3) is 0 Å². The van der Waals surface area contributed by atoms with Crippen LogP contribution in [0.1, 0.15) is 12.8 Å². The van der Waals surface area contributed by atoms with E-state index in [1.54, 1.807) is 6.07 Å². The summed E-state index contributed by atoms with van der Waals surface area (Å²) in [5.41, 5.74) is 0.671. The monoisotopic (exact) mass is 261 g/mol. The van der Waals surface area contributed by atoms with Gasteiger partial charge in [0.15, 0.2) is 5.65 Å². The number of nitrogens with zero attached hydrogens (tertiary/aromatic N) is 4. The Labute approximate surface area is 110 Å². The predicted molar refractivity (Wildman–Crippen MR) is 69.5 cm³/mol. The second-order valence-electron chi connectivity index (χ2n) is 5.47. The number of halogens is 1. The highest BCUT2D eigenvalue weighted by Gasteiger charge is 2.34. The van der Waals surface area contributed by atoms with Gasteiger partial charge in [0.05, 0.1) is 6.20 Å². The highest BCUT2D eigenvalue weighted by Crippen LogP contribution is 2.29. The van der Waals surface area contributed by atoms with Crippen LogP contribution in [0.2, 0.25) is 0 Å². The molecule has 3 aliphatic heterocycles. The van der Waals surface area contributed by atoms with Crippen molar-refractivity contribution in [1.82, 2.24) is 19.5 Å². The van der Waals surface area contributed by atoms with Crippen LogP contribution in [0.4, 0.5) is 10.3 Å². The second kappa shape index (κ2) is 4.16. The molecule has 5 nitrogen and oxygen atoms in total. The summed E-state index contributed by atoms with van der Waals surface area (Å²) in [7, 11) is 0. The molecule has 2 bridgehead atoms. The molecule has 1 N–H and O–H groups in total. The van der Waals surface area contributed by atoms with Crippen LogP contribution in [-0.4, -0.2) is 45.2 Å². The van der Waals surface area contributed by atoms with Gasteiger partial charge < -0.3 is 10.2 Å². The third kappa shape index (κ3) is 1.96. The van der Waals surface area contributed by atoms with Crippen LogP contribution in [0.25, 0.3) is 5.65 Å². The third-order valence-corrected chi connectivity index (χ3v) is 4.27. The molecule has 3 fully saturated rings. The zero-order valence-electron chi connectivity index (χ0n) is 10.6. The van der Waals surface area contributed by atoms with Crippen molar-refractivity contribution < 1.29 is 4.39 Å². The van der Waals surface area contributed by atoms with E-state index in [2.05, 4.69) is 20.3 Å². The molecule has 1 unspecified atom stereocenters. The molecule has 6 heteroatoms. The lowest BCUT2D eigenvalue weighted by atomic mass is 9.84. The predicted octanol–water partition coefficient (Wildman–Crippen LogP) is 1.37. The Balaban J connectivity index is 1.58. The minimum Gasteiger partial charge on any atom is -0.349 e. The molecule has 0 aliphatic carbocycles. The number of nitrogens with one attached hydrogen (secondary N) is 1. The highest BCUT2D eigenvalue weighted by atomic mass is 19.1. The zero-order valence-corrected chi connectivity index (χ0v) is 10.6. The molecule has 0 amide bonds. The molecular weight excluding hydrogens is 245 g/mol. The van der Waals surface area contributed by atoms with Crippen molar-refractivity contribution in [1.29, 1.82) is 0 Å². The maximum atomic E-state index is 13.1. The number of anilines is 1. The van der Waals surface area contributed by atoms with Gasteiger partial charge in [-0.1, -0.05) is 0 Å². The minimum atomic E-state index is -0.299. The molecular formula is C13H16FN5. The smallest absolute Gasteiger partial charge is 0.243 e. The molecule has 2 aromatic rings. The van der Waals surface area contributed by atoms with Gasteiger partial charge in [-0.15, -0.1) is 5.10 Å². The van der Waals surface area contributed by atoms with Crippen molar-refractivity contribution in [2.75, 3.05) is 25.0 Å². The van der Waals surface area contributed by atoms with Gasteiger partial charge >= 0.3 is 0 Å². The van der Waals surface area contributed by atoms with Gasteiger partial charge in [-0.2, -0.15) is 4.98 Å². The van der Waals surface area contributed by atoms with Gasteiger partial charge in [-0.25, -0.2) is 8.91 Å². The number of aromatic nitrogens is 3. The molecule has 0 spiro atoms. The first-order valence-corrected chi connectivity index (χ1v) is 6.79. The Morgan fingerprint density at radius 1 is 1.26 bits per heavy atom. The van der Waals surface area contributed by atoms with E-state index in [-0.39, 0.29) is 5.82 Å². The van der Waals surface area contributed by atoms with Crippen LogP contribution in [0, 0.1) is 11.7 Å². The van der Waals surface area contributed by atoms with E-state index >= 15 is 0 Å². The average Bonchev–Trinajstić information content (AvgIpc) is 2.81. The standard InChI is InChI=1S/C13H16FN5/c14-10-1-2-12-16-13(17-19(12)7-10)15-11-8-18-5-3-9(11)4-6-18/h1-2,7,9,11H,3-6,8H2,(H,15,17). The summed E-state index contributed by atoms with van der Waals surface area (Å²) in [6.45, 7) is 3.49. The first-order valence-electron chi connectivity index (χ1n) is 6.79. The summed E-state index contributed by atoms with van der Waals surface area (Å²) in [5.74, 6) is 1.02. The summed E-state index contributed by atoms with van der Waals surface area (Å²) in [5, 5.41) is 7.70. The van der Waals surface area contributed by atoms with Crippen LogP contribution in [-0.2, 0) is 0 Å². The summed E-state index contributed by atoms with van der Waals surface area (Å²) in [6.07, 6.45) is 3.85. The number of hydrogen-bond donors (Lipinski definition) is 1. The minimum absolute atomic E-state index is 0.299. The molecule has 0 saturated carbocycles. The summed E-state index contributed by atoms with van der Waals surface area (Å²) in [4.78, 5) is 6.87. The van der Waals surface area contributed by atoms with E-state index in [0.717, 1.165) is 6.54 Å². The van der Waals surface area contributed by atoms with Crippen molar-refractivity contribution >= 4 is 11.6 Å². The fraction of sp³-hybridized carbons (Fsp3) is 0.538. The molecule has 3 saturated heterocycles. The van der Waals surface area contributed by atoms with E-state index < -0.39 is 0 Å². The molecule has 3 aliphatic rings. The average molecular weight is 261 g/mol. The lowest BCUT2D eigenvalue weighted by molar-refractivity contribution is 0.0972. The van der Waals surface area contributed by atoms with E-state index in [4.69, 9.17) is 0 Å². The van der Waals surface area contributed by atoms with E-state index in [1.165, 1.54) is 42.7 Å². The van der Waals surface area contributed by atoms with Gasteiger partial charge in [-0.05, 0) is 44.0 Å². The largest absolute Gasteiger partial charge is 0.349 e. The molecule has 0 radical (unpaired) electrons. The molecule has 19 heavy (non-hydrogen) atoms. The summed E-state index contributed by atoms with van der Waals surface area (Å²) >= 11 is 0. The van der Waals surface area contributed by atoms with Crippen molar-refractivity contribution in [2.45, 2.75) is 18.9 Å². The van der Waals surface area contributed by atoms with Gasteiger partial charge in [-0.3, -0.25) is 0 Å². The molecule has 5 rings (SSSR count). The van der Waals surface area contributed by atoms with Gasteiger partial charge in [0, 0.05) is 12.6 Å². The summed E-state index contributed by atoms with van der Waals surface area (Å²) < 4.78 is 14.6. The molecule has 2 aromatic heterocycles. The topological polar surface area (TPSA) is 45.5 Å². The molecule has 1 atom stereocenters. The second-order valence-corrected chi connectivity index (χ2v) is 5.47. The Morgan fingerprint density at radius 3 is 2.84 bits per heavy atom. The van der Waals surface area contributed by atoms with E-state index in [9.17, 15) is 4.39 Å². The molecule has 100 valence electrons. The van der Waals surface area contributed by atoms with Crippen molar-refractivity contribution in [3.8, 4) is 0 Å². The Kier molecular flexibility index (Phi) is 2.44. The SMILES string of the molecule is Fc1ccc2nc(NC3CN4CCC3CC4)nn2c1. The van der Waals surface area contributed by atoms with Crippen molar-refractivity contribution in [3.05, 3.63) is 24.1 Å². The van der Waals surface area contributed by atoms with Crippen LogP contribution in [0.5, 0.6) is 0 Å². The number of rotatable bonds is 2. The number of pyridine rings is 1. The molecule has 5 heterocycles. The van der Waals surface area contributed by atoms with Crippen molar-refractivity contribution in [3.63, 3.8) is 0 Å². The van der Waals surface area contributed by atoms with Crippen LogP contribution in [0.3, 0.4) is 0 Å². The fourth-order valence-corrected chi connectivity index (χ4v) is 3.21. The lowest BCUT2D eigenvalue weighted by Crippen LogP contribution is -2.53. The van der Waals surface area contributed by atoms with Gasteiger partial charge in [0.1, 0.15) is 5.82 Å². The number of hydrogen-bond acceptors (Lipinski definition) is 4. The zero-order chi connectivity index (χ0) is 12.8. The maximum Gasteiger partial charge on any atom is 0.243 e. The number of piperidine rings is 3. The third-order valence-electron chi connectivity index (χ3n) is 4.27. The fourth-order valence-electron chi connectivity index (χ4n) is 3.21. The highest BCUT2D eigenvalue weighted by molar-refractivity contribution is 5.43. The Bertz CT molecular complexity index is 602. The van der Waals surface area contributed by atoms with Crippen molar-refractivity contribution in [2.24, 2.45) is 5.92 Å². The first-order chi connectivity index (χ1) is 9.28. The van der Waals surface area contributed by atoms with E-state index in [0.29, 0.717) is 23.6 Å². The number of fused-ring (bicyclic) bond motifs is 4. The van der Waals surface area contributed by atoms with Gasteiger partial charge in [0.2, 0.25) is 5.95 Å². The Hall–Kier alpha value is -1.69. The first kappa shape index (κ1) is 11.2. The van der Waals surface area contributed by atoms with Crippen LogP contribution >= 0.6 is 0 Å². The van der Waals surface area contributed by atoms with Crippen LogP contribution < -0.4 is 5.32 Å². The molecule has 0 aromatic carbocycles. The van der Waals surface area contributed by atoms with Crippen LogP contribution in [0.15, 0.2) is 18.3 Å². The summed E-state index contributed by atoms with van der Waals surface area (Å²) in [6, 6.07) is 3.47.